The minimum Gasteiger partial charge on any atom is -0.314 e. The molecule has 0 radical (unpaired) electrons. The molecule has 2 rings (SSSR count). The van der Waals surface area contributed by atoms with E-state index in [-0.39, 0.29) is 5.54 Å². The van der Waals surface area contributed by atoms with Crippen molar-refractivity contribution in [2.45, 2.75) is 25.8 Å². The van der Waals surface area contributed by atoms with Crippen LogP contribution in [0.3, 0.4) is 0 Å². The van der Waals surface area contributed by atoms with E-state index in [4.69, 9.17) is 0 Å². The van der Waals surface area contributed by atoms with Gasteiger partial charge in [0.05, 0.1) is 0 Å². The van der Waals surface area contributed by atoms with Crippen molar-refractivity contribution in [2.24, 2.45) is 0 Å². The molecular formula is C13H21N3. The van der Waals surface area contributed by atoms with Crippen LogP contribution in [-0.2, 0) is 6.42 Å². The maximum absolute atomic E-state index is 4.18. The maximum Gasteiger partial charge on any atom is 0.0300 e. The highest BCUT2D eigenvalue weighted by atomic mass is 15.2. The number of piperazine rings is 1. The molecule has 1 saturated heterocycles. The van der Waals surface area contributed by atoms with Crippen molar-refractivity contribution in [1.29, 1.82) is 0 Å². The van der Waals surface area contributed by atoms with Gasteiger partial charge < -0.3 is 5.32 Å². The first-order valence-electron chi connectivity index (χ1n) is 6.03. The third-order valence-electron chi connectivity index (χ3n) is 3.33. The van der Waals surface area contributed by atoms with Crippen LogP contribution in [-0.4, -0.2) is 41.6 Å². The third kappa shape index (κ3) is 2.80. The van der Waals surface area contributed by atoms with Gasteiger partial charge in [-0.25, -0.2) is 0 Å². The fraction of sp³-hybridized carbons (Fsp3) is 0.615. The number of aromatic nitrogens is 1. The Kier molecular flexibility index (Phi) is 3.56. The lowest BCUT2D eigenvalue weighted by atomic mass is 9.93. The molecule has 0 spiro atoms. The quantitative estimate of drug-likeness (QED) is 0.831. The Hall–Kier alpha value is -0.930. The molecule has 1 N–H and O–H groups in total. The summed E-state index contributed by atoms with van der Waals surface area (Å²) in [4.78, 5) is 6.75. The first kappa shape index (κ1) is 11.6. The zero-order chi connectivity index (χ0) is 11.4. The molecule has 88 valence electrons. The van der Waals surface area contributed by atoms with Gasteiger partial charge in [0.25, 0.3) is 0 Å². The van der Waals surface area contributed by atoms with Gasteiger partial charge in [0.2, 0.25) is 0 Å². The summed E-state index contributed by atoms with van der Waals surface area (Å²) in [5, 5.41) is 3.40. The second kappa shape index (κ2) is 4.93. The van der Waals surface area contributed by atoms with Gasteiger partial charge in [-0.1, -0.05) is 6.07 Å². The largest absolute Gasteiger partial charge is 0.314 e. The van der Waals surface area contributed by atoms with Crippen molar-refractivity contribution in [2.75, 3.05) is 26.2 Å². The fourth-order valence-electron chi connectivity index (χ4n) is 2.38. The number of nitrogens with zero attached hydrogens (tertiary/aromatic N) is 2. The average molecular weight is 219 g/mol. The number of hydrogen-bond donors (Lipinski definition) is 1. The van der Waals surface area contributed by atoms with Gasteiger partial charge in [-0.3, -0.25) is 9.88 Å². The van der Waals surface area contributed by atoms with Gasteiger partial charge in [-0.15, -0.1) is 0 Å². The summed E-state index contributed by atoms with van der Waals surface area (Å²) >= 11 is 0. The Morgan fingerprint density at radius 2 is 2.12 bits per heavy atom. The third-order valence-corrected chi connectivity index (χ3v) is 3.33. The molecule has 1 aromatic rings. The summed E-state index contributed by atoms with van der Waals surface area (Å²) in [5.74, 6) is 0. The molecule has 1 aromatic heterocycles. The molecule has 0 amide bonds. The average Bonchev–Trinajstić information content (AvgIpc) is 2.31. The number of pyridine rings is 1. The van der Waals surface area contributed by atoms with E-state index < -0.39 is 0 Å². The predicted molar refractivity (Wildman–Crippen MR) is 66.5 cm³/mol. The van der Waals surface area contributed by atoms with E-state index in [9.17, 15) is 0 Å². The summed E-state index contributed by atoms with van der Waals surface area (Å²) in [6.07, 6.45) is 4.88. The normalized spacial score (nSPS) is 18.6. The molecule has 1 aliphatic rings. The zero-order valence-corrected chi connectivity index (χ0v) is 10.2. The molecule has 0 aromatic carbocycles. The van der Waals surface area contributed by atoms with E-state index >= 15 is 0 Å². The summed E-state index contributed by atoms with van der Waals surface area (Å²) in [6.45, 7) is 9.16. The van der Waals surface area contributed by atoms with Gasteiger partial charge in [-0.05, 0) is 31.9 Å². The summed E-state index contributed by atoms with van der Waals surface area (Å²) in [6, 6.07) is 4.18. The van der Waals surface area contributed by atoms with Gasteiger partial charge in [0.15, 0.2) is 0 Å². The van der Waals surface area contributed by atoms with Crippen LogP contribution in [0.5, 0.6) is 0 Å². The zero-order valence-electron chi connectivity index (χ0n) is 10.2. The van der Waals surface area contributed by atoms with Gasteiger partial charge in [0.1, 0.15) is 0 Å². The van der Waals surface area contributed by atoms with E-state index in [2.05, 4.69) is 35.1 Å². The standard InChI is InChI=1S/C13H21N3/c1-13(2,16-8-6-14-7-9-16)10-12-4-3-5-15-11-12/h3-5,11,14H,6-10H2,1-2H3. The minimum atomic E-state index is 0.227. The molecular weight excluding hydrogens is 198 g/mol. The van der Waals surface area contributed by atoms with Crippen molar-refractivity contribution in [3.63, 3.8) is 0 Å². The highest BCUT2D eigenvalue weighted by molar-refractivity contribution is 5.12. The van der Waals surface area contributed by atoms with E-state index in [1.165, 1.54) is 5.56 Å². The lowest BCUT2D eigenvalue weighted by Gasteiger charge is -2.41. The first-order chi connectivity index (χ1) is 7.68. The molecule has 0 saturated carbocycles. The molecule has 0 unspecified atom stereocenters. The van der Waals surface area contributed by atoms with E-state index in [1.807, 2.05) is 18.5 Å². The molecule has 3 heteroatoms. The summed E-state index contributed by atoms with van der Waals surface area (Å²) in [7, 11) is 0. The number of nitrogens with one attached hydrogen (secondary N) is 1. The highest BCUT2D eigenvalue weighted by Gasteiger charge is 2.27. The van der Waals surface area contributed by atoms with Crippen LogP contribution in [0.15, 0.2) is 24.5 Å². The fourth-order valence-corrected chi connectivity index (χ4v) is 2.38. The van der Waals surface area contributed by atoms with Gasteiger partial charge in [0, 0.05) is 44.1 Å². The van der Waals surface area contributed by atoms with Crippen LogP contribution in [0.1, 0.15) is 19.4 Å². The Morgan fingerprint density at radius 3 is 2.75 bits per heavy atom. The van der Waals surface area contributed by atoms with Crippen LogP contribution in [0.2, 0.25) is 0 Å². The van der Waals surface area contributed by atoms with Crippen LogP contribution >= 0.6 is 0 Å². The maximum atomic E-state index is 4.18. The summed E-state index contributed by atoms with van der Waals surface area (Å²) < 4.78 is 0. The molecule has 2 heterocycles. The predicted octanol–water partition coefficient (Wildman–Crippen LogP) is 1.31. The molecule has 0 atom stereocenters. The highest BCUT2D eigenvalue weighted by Crippen LogP contribution is 2.20. The Labute approximate surface area is 97.9 Å². The monoisotopic (exact) mass is 219 g/mol. The molecule has 16 heavy (non-hydrogen) atoms. The molecule has 1 fully saturated rings. The van der Waals surface area contributed by atoms with Crippen molar-refractivity contribution < 1.29 is 0 Å². The molecule has 0 bridgehead atoms. The van der Waals surface area contributed by atoms with Crippen LogP contribution in [0, 0.1) is 0 Å². The first-order valence-corrected chi connectivity index (χ1v) is 6.03. The van der Waals surface area contributed by atoms with Gasteiger partial charge >= 0.3 is 0 Å². The second-order valence-electron chi connectivity index (χ2n) is 5.09. The molecule has 1 aliphatic heterocycles. The Balaban J connectivity index is 2.01. The topological polar surface area (TPSA) is 28.2 Å². The van der Waals surface area contributed by atoms with Crippen LogP contribution in [0.4, 0.5) is 0 Å². The van der Waals surface area contributed by atoms with Crippen molar-refractivity contribution in [1.82, 2.24) is 15.2 Å². The van der Waals surface area contributed by atoms with E-state index in [1.54, 1.807) is 0 Å². The van der Waals surface area contributed by atoms with E-state index in [0.29, 0.717) is 0 Å². The molecule has 3 nitrogen and oxygen atoms in total. The SMILES string of the molecule is CC(C)(Cc1cccnc1)N1CCNCC1. The van der Waals surface area contributed by atoms with E-state index in [0.717, 1.165) is 32.6 Å². The second-order valence-corrected chi connectivity index (χ2v) is 5.09. The Bertz CT molecular complexity index is 315. The lowest BCUT2D eigenvalue weighted by molar-refractivity contribution is 0.103. The smallest absolute Gasteiger partial charge is 0.0300 e. The van der Waals surface area contributed by atoms with Crippen molar-refractivity contribution >= 4 is 0 Å². The van der Waals surface area contributed by atoms with Crippen molar-refractivity contribution in [3.05, 3.63) is 30.1 Å². The van der Waals surface area contributed by atoms with Crippen LogP contribution in [0.25, 0.3) is 0 Å². The number of rotatable bonds is 3. The lowest BCUT2D eigenvalue weighted by Crippen LogP contribution is -2.54. The van der Waals surface area contributed by atoms with Crippen LogP contribution < -0.4 is 5.32 Å². The molecule has 0 aliphatic carbocycles. The minimum absolute atomic E-state index is 0.227. The Morgan fingerprint density at radius 1 is 1.38 bits per heavy atom. The number of hydrogen-bond acceptors (Lipinski definition) is 3. The van der Waals surface area contributed by atoms with Crippen molar-refractivity contribution in [3.8, 4) is 0 Å². The summed E-state index contributed by atoms with van der Waals surface area (Å²) in [5.41, 5.74) is 1.55. The van der Waals surface area contributed by atoms with Gasteiger partial charge in [-0.2, -0.15) is 0 Å².